The van der Waals surface area contributed by atoms with Gasteiger partial charge in [-0.2, -0.15) is 0 Å². The van der Waals surface area contributed by atoms with E-state index in [0.717, 1.165) is 6.07 Å². The smallest absolute Gasteiger partial charge is 0.236 e. The van der Waals surface area contributed by atoms with Crippen molar-refractivity contribution < 1.29 is 18.0 Å². The first kappa shape index (κ1) is 16.5. The van der Waals surface area contributed by atoms with Crippen molar-refractivity contribution in [1.82, 2.24) is 10.6 Å². The standard InChI is InChI=1S/C14H19F3N2O/c1-8(2)4-13(14(20)18-3)19-7-9-5-11(16)12(17)6-10(9)15/h5-6,8,13,19H,4,7H2,1-3H3,(H,18,20). The molecule has 1 rings (SSSR count). The third-order valence-electron chi connectivity index (χ3n) is 2.90. The van der Waals surface area contributed by atoms with Crippen molar-refractivity contribution in [3.05, 3.63) is 35.1 Å². The highest BCUT2D eigenvalue weighted by Gasteiger charge is 2.19. The van der Waals surface area contributed by atoms with Crippen molar-refractivity contribution in [3.63, 3.8) is 0 Å². The van der Waals surface area contributed by atoms with E-state index in [-0.39, 0.29) is 23.9 Å². The molecular formula is C14H19F3N2O. The van der Waals surface area contributed by atoms with Gasteiger partial charge in [-0.05, 0) is 18.4 Å². The first-order chi connectivity index (χ1) is 9.35. The van der Waals surface area contributed by atoms with E-state index in [1.54, 1.807) is 0 Å². The molecule has 0 aliphatic heterocycles. The zero-order valence-electron chi connectivity index (χ0n) is 11.8. The summed E-state index contributed by atoms with van der Waals surface area (Å²) in [4.78, 5) is 11.7. The Hall–Kier alpha value is -1.56. The summed E-state index contributed by atoms with van der Waals surface area (Å²) in [6.45, 7) is 3.86. The van der Waals surface area contributed by atoms with Crippen LogP contribution in [0.15, 0.2) is 12.1 Å². The van der Waals surface area contributed by atoms with Crippen LogP contribution in [-0.2, 0) is 11.3 Å². The number of rotatable bonds is 6. The SMILES string of the molecule is CNC(=O)C(CC(C)C)NCc1cc(F)c(F)cc1F. The summed E-state index contributed by atoms with van der Waals surface area (Å²) < 4.78 is 39.4. The fourth-order valence-corrected chi connectivity index (χ4v) is 1.86. The monoisotopic (exact) mass is 288 g/mol. The molecule has 1 aromatic rings. The predicted octanol–water partition coefficient (Wildman–Crippen LogP) is 2.35. The number of nitrogens with one attached hydrogen (secondary N) is 2. The number of carbonyl (C=O) groups excluding carboxylic acids is 1. The summed E-state index contributed by atoms with van der Waals surface area (Å²) in [7, 11) is 1.51. The Kier molecular flexibility index (Phi) is 6.01. The quantitative estimate of drug-likeness (QED) is 0.789. The summed E-state index contributed by atoms with van der Waals surface area (Å²) in [5, 5.41) is 5.38. The van der Waals surface area contributed by atoms with Crippen molar-refractivity contribution in [3.8, 4) is 0 Å². The summed E-state index contributed by atoms with van der Waals surface area (Å²) in [6.07, 6.45) is 0.560. The lowest BCUT2D eigenvalue weighted by atomic mass is 10.0. The molecule has 112 valence electrons. The van der Waals surface area contributed by atoms with Crippen LogP contribution in [0.5, 0.6) is 0 Å². The number of amides is 1. The molecule has 6 heteroatoms. The van der Waals surface area contributed by atoms with E-state index in [9.17, 15) is 18.0 Å². The van der Waals surface area contributed by atoms with E-state index >= 15 is 0 Å². The van der Waals surface area contributed by atoms with Crippen LogP contribution in [0.25, 0.3) is 0 Å². The van der Waals surface area contributed by atoms with Crippen molar-refractivity contribution >= 4 is 5.91 Å². The minimum Gasteiger partial charge on any atom is -0.358 e. The normalized spacial score (nSPS) is 12.6. The van der Waals surface area contributed by atoms with Gasteiger partial charge in [-0.1, -0.05) is 13.8 Å². The molecule has 0 aromatic heterocycles. The van der Waals surface area contributed by atoms with Gasteiger partial charge in [-0.25, -0.2) is 13.2 Å². The highest BCUT2D eigenvalue weighted by atomic mass is 19.2. The minimum absolute atomic E-state index is 0.0124. The molecule has 0 bridgehead atoms. The Morgan fingerprint density at radius 1 is 1.15 bits per heavy atom. The van der Waals surface area contributed by atoms with Gasteiger partial charge in [-0.3, -0.25) is 4.79 Å². The maximum atomic E-state index is 13.5. The topological polar surface area (TPSA) is 41.1 Å². The first-order valence-electron chi connectivity index (χ1n) is 6.43. The van der Waals surface area contributed by atoms with Crippen LogP contribution in [0.3, 0.4) is 0 Å². The lowest BCUT2D eigenvalue weighted by Gasteiger charge is -2.19. The van der Waals surface area contributed by atoms with Crippen molar-refractivity contribution in [2.24, 2.45) is 5.92 Å². The zero-order valence-corrected chi connectivity index (χ0v) is 11.8. The number of benzene rings is 1. The molecule has 0 aliphatic rings. The second-order valence-corrected chi connectivity index (χ2v) is 5.04. The molecular weight excluding hydrogens is 269 g/mol. The van der Waals surface area contributed by atoms with Crippen LogP contribution in [0, 0.1) is 23.4 Å². The molecule has 3 nitrogen and oxygen atoms in total. The second kappa shape index (κ2) is 7.28. The average Bonchev–Trinajstić information content (AvgIpc) is 2.38. The van der Waals surface area contributed by atoms with E-state index < -0.39 is 23.5 Å². The molecule has 1 amide bonds. The Labute approximate surface area is 116 Å². The molecule has 2 N–H and O–H groups in total. The maximum Gasteiger partial charge on any atom is 0.236 e. The van der Waals surface area contributed by atoms with Gasteiger partial charge in [0.25, 0.3) is 0 Å². The fraction of sp³-hybridized carbons (Fsp3) is 0.500. The Morgan fingerprint density at radius 2 is 1.75 bits per heavy atom. The highest BCUT2D eigenvalue weighted by molar-refractivity contribution is 5.81. The minimum atomic E-state index is -1.23. The summed E-state index contributed by atoms with van der Waals surface area (Å²) >= 11 is 0. The average molecular weight is 288 g/mol. The molecule has 0 radical (unpaired) electrons. The van der Waals surface area contributed by atoms with Crippen molar-refractivity contribution in [1.29, 1.82) is 0 Å². The lowest BCUT2D eigenvalue weighted by Crippen LogP contribution is -2.43. The van der Waals surface area contributed by atoms with E-state index in [4.69, 9.17) is 0 Å². The maximum absolute atomic E-state index is 13.5. The molecule has 1 aromatic carbocycles. The third kappa shape index (κ3) is 4.52. The number of halogens is 3. The number of likely N-dealkylation sites (N-methyl/N-ethyl adjacent to an activating group) is 1. The van der Waals surface area contributed by atoms with Crippen LogP contribution in [0.1, 0.15) is 25.8 Å². The Bertz CT molecular complexity index is 478. The summed E-state index contributed by atoms with van der Waals surface area (Å²) in [6, 6.07) is 0.796. The molecule has 1 atom stereocenters. The molecule has 0 fully saturated rings. The molecule has 0 heterocycles. The first-order valence-corrected chi connectivity index (χ1v) is 6.43. The van der Waals surface area contributed by atoms with Crippen LogP contribution < -0.4 is 10.6 Å². The zero-order chi connectivity index (χ0) is 15.3. The fourth-order valence-electron chi connectivity index (χ4n) is 1.86. The van der Waals surface area contributed by atoms with Gasteiger partial charge in [-0.15, -0.1) is 0 Å². The van der Waals surface area contributed by atoms with Gasteiger partial charge < -0.3 is 10.6 Å². The van der Waals surface area contributed by atoms with Crippen LogP contribution in [0.2, 0.25) is 0 Å². The molecule has 0 saturated carbocycles. The van der Waals surface area contributed by atoms with E-state index in [0.29, 0.717) is 12.5 Å². The number of carbonyl (C=O) groups is 1. The lowest BCUT2D eigenvalue weighted by molar-refractivity contribution is -0.123. The van der Waals surface area contributed by atoms with Crippen molar-refractivity contribution in [2.45, 2.75) is 32.9 Å². The van der Waals surface area contributed by atoms with Crippen LogP contribution in [-0.4, -0.2) is 19.0 Å². The second-order valence-electron chi connectivity index (χ2n) is 5.04. The molecule has 0 spiro atoms. The Morgan fingerprint density at radius 3 is 2.30 bits per heavy atom. The van der Waals surface area contributed by atoms with Crippen molar-refractivity contribution in [2.75, 3.05) is 7.05 Å². The van der Waals surface area contributed by atoms with E-state index in [1.165, 1.54) is 7.05 Å². The molecule has 1 unspecified atom stereocenters. The molecule has 0 saturated heterocycles. The molecule has 20 heavy (non-hydrogen) atoms. The van der Waals surface area contributed by atoms with Gasteiger partial charge in [0, 0.05) is 25.2 Å². The van der Waals surface area contributed by atoms with Crippen LogP contribution >= 0.6 is 0 Å². The predicted molar refractivity (Wildman–Crippen MR) is 70.5 cm³/mol. The summed E-state index contributed by atoms with van der Waals surface area (Å²) in [5.41, 5.74) is -0.0124. The third-order valence-corrected chi connectivity index (χ3v) is 2.90. The van der Waals surface area contributed by atoms with Gasteiger partial charge in [0.2, 0.25) is 5.91 Å². The van der Waals surface area contributed by atoms with Gasteiger partial charge in [0.1, 0.15) is 5.82 Å². The van der Waals surface area contributed by atoms with E-state index in [2.05, 4.69) is 10.6 Å². The van der Waals surface area contributed by atoms with Gasteiger partial charge >= 0.3 is 0 Å². The van der Waals surface area contributed by atoms with Gasteiger partial charge in [0.15, 0.2) is 11.6 Å². The van der Waals surface area contributed by atoms with Gasteiger partial charge in [0.05, 0.1) is 6.04 Å². The van der Waals surface area contributed by atoms with Crippen LogP contribution in [0.4, 0.5) is 13.2 Å². The van der Waals surface area contributed by atoms with E-state index in [1.807, 2.05) is 13.8 Å². The molecule has 0 aliphatic carbocycles. The Balaban J connectivity index is 2.77. The number of hydrogen-bond donors (Lipinski definition) is 2. The summed E-state index contributed by atoms with van der Waals surface area (Å²) in [5.74, 6) is -3.13. The number of hydrogen-bond acceptors (Lipinski definition) is 2. The largest absolute Gasteiger partial charge is 0.358 e. The highest BCUT2D eigenvalue weighted by Crippen LogP contribution is 2.14.